The van der Waals surface area contributed by atoms with Gasteiger partial charge in [-0.15, -0.1) is 0 Å². The van der Waals surface area contributed by atoms with Crippen molar-refractivity contribution in [3.8, 4) is 0 Å². The van der Waals surface area contributed by atoms with Crippen molar-refractivity contribution < 1.29 is 14.3 Å². The molecule has 3 nitrogen and oxygen atoms in total. The van der Waals surface area contributed by atoms with Gasteiger partial charge in [-0.25, -0.2) is 4.79 Å². The first-order chi connectivity index (χ1) is 8.27. The summed E-state index contributed by atoms with van der Waals surface area (Å²) >= 11 is 0. The highest BCUT2D eigenvalue weighted by molar-refractivity contribution is 5.86. The van der Waals surface area contributed by atoms with Crippen LogP contribution in [-0.2, 0) is 14.3 Å². The van der Waals surface area contributed by atoms with Gasteiger partial charge >= 0.3 is 5.97 Å². The number of rotatable bonds is 4. The number of carbonyl (C=O) groups is 1. The van der Waals surface area contributed by atoms with Crippen molar-refractivity contribution in [3.05, 3.63) is 12.2 Å². The van der Waals surface area contributed by atoms with Crippen LogP contribution in [0.5, 0.6) is 0 Å². The second-order valence-corrected chi connectivity index (χ2v) is 6.79. The highest BCUT2D eigenvalue weighted by Gasteiger charge is 2.60. The van der Waals surface area contributed by atoms with E-state index in [1.807, 2.05) is 0 Å². The Hall–Kier alpha value is -0.830. The molecule has 2 aliphatic carbocycles. The Labute approximate surface area is 110 Å². The van der Waals surface area contributed by atoms with Crippen molar-refractivity contribution in [2.45, 2.75) is 53.1 Å². The zero-order valence-corrected chi connectivity index (χ0v) is 11.9. The summed E-state index contributed by atoms with van der Waals surface area (Å²) in [5.41, 5.74) is 0.851. The van der Waals surface area contributed by atoms with Crippen LogP contribution in [-0.4, -0.2) is 18.9 Å². The van der Waals surface area contributed by atoms with E-state index >= 15 is 0 Å². The van der Waals surface area contributed by atoms with E-state index in [9.17, 15) is 4.79 Å². The minimum atomic E-state index is -0.374. The molecule has 0 saturated heterocycles. The summed E-state index contributed by atoms with van der Waals surface area (Å²) in [6.45, 7) is 12.1. The molecule has 0 heterocycles. The largest absolute Gasteiger partial charge is 0.435 e. The van der Waals surface area contributed by atoms with Crippen LogP contribution in [0.15, 0.2) is 12.2 Å². The minimum Gasteiger partial charge on any atom is -0.435 e. The number of hydrogen-bond acceptors (Lipinski definition) is 3. The fourth-order valence-electron chi connectivity index (χ4n) is 3.95. The highest BCUT2D eigenvalue weighted by Crippen LogP contribution is 2.63. The lowest BCUT2D eigenvalue weighted by Crippen LogP contribution is -2.42. The first kappa shape index (κ1) is 13.6. The topological polar surface area (TPSA) is 35.5 Å². The third kappa shape index (κ3) is 2.09. The maximum absolute atomic E-state index is 11.3. The lowest BCUT2D eigenvalue weighted by atomic mass is 9.70. The lowest BCUT2D eigenvalue weighted by molar-refractivity contribution is -0.175. The molecule has 2 rings (SSSR count). The molecular formula is C15H24O3. The summed E-state index contributed by atoms with van der Waals surface area (Å²) < 4.78 is 10.9. The Morgan fingerprint density at radius 2 is 2.06 bits per heavy atom. The first-order valence-corrected chi connectivity index (χ1v) is 6.71. The minimum absolute atomic E-state index is 0.0437. The zero-order chi connectivity index (χ0) is 13.6. The van der Waals surface area contributed by atoms with Crippen molar-refractivity contribution in [2.75, 3.05) is 6.79 Å². The Kier molecular flexibility index (Phi) is 3.30. The average Bonchev–Trinajstić information content (AvgIpc) is 2.73. The van der Waals surface area contributed by atoms with E-state index in [1.54, 1.807) is 6.92 Å². The molecular weight excluding hydrogens is 228 g/mol. The summed E-state index contributed by atoms with van der Waals surface area (Å²) in [6, 6.07) is 0. The fraction of sp³-hybridized carbons (Fsp3) is 0.800. The van der Waals surface area contributed by atoms with Crippen LogP contribution in [0.1, 0.15) is 47.0 Å². The van der Waals surface area contributed by atoms with Gasteiger partial charge in [-0.3, -0.25) is 0 Å². The van der Waals surface area contributed by atoms with Gasteiger partial charge in [0.1, 0.15) is 0 Å². The molecule has 2 fully saturated rings. The van der Waals surface area contributed by atoms with Crippen molar-refractivity contribution in [1.82, 2.24) is 0 Å². The maximum Gasteiger partial charge on any atom is 0.335 e. The molecule has 0 N–H and O–H groups in total. The summed E-state index contributed by atoms with van der Waals surface area (Å²) in [5, 5.41) is 0. The normalized spacial score (nSPS) is 36.7. The van der Waals surface area contributed by atoms with Gasteiger partial charge in [0.2, 0.25) is 0 Å². The van der Waals surface area contributed by atoms with E-state index in [0.29, 0.717) is 5.57 Å². The van der Waals surface area contributed by atoms with Gasteiger partial charge in [0.05, 0.1) is 6.10 Å². The SMILES string of the molecule is C=C(C)C(=O)OCOC1C(C)(C)C2CC[C@]1(C)C2. The molecule has 0 aromatic carbocycles. The number of ether oxygens (including phenoxy) is 2. The van der Waals surface area contributed by atoms with Gasteiger partial charge < -0.3 is 9.47 Å². The Morgan fingerprint density at radius 3 is 2.56 bits per heavy atom. The predicted molar refractivity (Wildman–Crippen MR) is 69.9 cm³/mol. The predicted octanol–water partition coefficient (Wildman–Crippen LogP) is 3.29. The van der Waals surface area contributed by atoms with Gasteiger partial charge in [0.25, 0.3) is 0 Å². The summed E-state index contributed by atoms with van der Waals surface area (Å²) in [5.74, 6) is 0.366. The van der Waals surface area contributed by atoms with Crippen LogP contribution in [0, 0.1) is 16.7 Å². The second-order valence-electron chi connectivity index (χ2n) is 6.79. The first-order valence-electron chi connectivity index (χ1n) is 6.71. The fourth-order valence-corrected chi connectivity index (χ4v) is 3.95. The standard InChI is InChI=1S/C15H24O3/c1-10(2)12(16)17-9-18-13-14(3,4)11-6-7-15(13,5)8-11/h11,13H,1,6-9H2,2-5H3/t11?,13?,15-/m1/s1. The molecule has 2 unspecified atom stereocenters. The van der Waals surface area contributed by atoms with Crippen LogP contribution < -0.4 is 0 Å². The summed E-state index contributed by atoms with van der Waals surface area (Å²) in [6.07, 6.45) is 3.94. The Balaban J connectivity index is 1.93. The molecule has 0 aliphatic heterocycles. The van der Waals surface area contributed by atoms with E-state index < -0.39 is 0 Å². The number of esters is 1. The maximum atomic E-state index is 11.3. The van der Waals surface area contributed by atoms with Gasteiger partial charge in [0.15, 0.2) is 6.79 Å². The third-order valence-corrected chi connectivity index (χ3v) is 4.91. The van der Waals surface area contributed by atoms with E-state index in [4.69, 9.17) is 9.47 Å². The Bertz CT molecular complexity index is 367. The summed E-state index contributed by atoms with van der Waals surface area (Å²) in [7, 11) is 0. The molecule has 0 radical (unpaired) electrons. The smallest absolute Gasteiger partial charge is 0.335 e. The quantitative estimate of drug-likeness (QED) is 0.437. The molecule has 0 aromatic rings. The van der Waals surface area contributed by atoms with Gasteiger partial charge in [-0.05, 0) is 42.9 Å². The van der Waals surface area contributed by atoms with Gasteiger partial charge in [-0.2, -0.15) is 0 Å². The van der Waals surface area contributed by atoms with Crippen molar-refractivity contribution >= 4 is 5.97 Å². The van der Waals surface area contributed by atoms with Gasteiger partial charge in [0, 0.05) is 5.57 Å². The van der Waals surface area contributed by atoms with E-state index in [-0.39, 0.29) is 29.7 Å². The summed E-state index contributed by atoms with van der Waals surface area (Å²) in [4.78, 5) is 11.3. The number of hydrogen-bond donors (Lipinski definition) is 0. The molecule has 18 heavy (non-hydrogen) atoms. The zero-order valence-electron chi connectivity index (χ0n) is 11.9. The molecule has 0 spiro atoms. The Morgan fingerprint density at radius 1 is 1.39 bits per heavy atom. The van der Waals surface area contributed by atoms with Crippen molar-refractivity contribution in [2.24, 2.45) is 16.7 Å². The van der Waals surface area contributed by atoms with Crippen molar-refractivity contribution in [1.29, 1.82) is 0 Å². The molecule has 3 heteroatoms. The van der Waals surface area contributed by atoms with Crippen LogP contribution in [0.4, 0.5) is 0 Å². The second kappa shape index (κ2) is 4.37. The van der Waals surface area contributed by atoms with Crippen LogP contribution in [0.25, 0.3) is 0 Å². The number of carbonyl (C=O) groups excluding carboxylic acids is 1. The molecule has 2 aliphatic rings. The molecule has 102 valence electrons. The highest BCUT2D eigenvalue weighted by atomic mass is 16.7. The average molecular weight is 252 g/mol. The van der Waals surface area contributed by atoms with Crippen molar-refractivity contribution in [3.63, 3.8) is 0 Å². The van der Waals surface area contributed by atoms with E-state index in [0.717, 1.165) is 5.92 Å². The molecule has 2 bridgehead atoms. The number of fused-ring (bicyclic) bond motifs is 2. The third-order valence-electron chi connectivity index (χ3n) is 4.91. The van der Waals surface area contributed by atoms with Crippen LogP contribution in [0.2, 0.25) is 0 Å². The van der Waals surface area contributed by atoms with Crippen LogP contribution in [0.3, 0.4) is 0 Å². The molecule has 2 saturated carbocycles. The molecule has 3 atom stereocenters. The lowest BCUT2D eigenvalue weighted by Gasteiger charge is -2.42. The van der Waals surface area contributed by atoms with Gasteiger partial charge in [-0.1, -0.05) is 27.4 Å². The molecule has 0 aromatic heterocycles. The molecule has 0 amide bonds. The van der Waals surface area contributed by atoms with Crippen LogP contribution >= 0.6 is 0 Å². The van der Waals surface area contributed by atoms with E-state index in [1.165, 1.54) is 19.3 Å². The van der Waals surface area contributed by atoms with E-state index in [2.05, 4.69) is 27.4 Å². The monoisotopic (exact) mass is 252 g/mol.